The lowest BCUT2D eigenvalue weighted by Crippen LogP contribution is -2.30. The fraction of sp³-hybridized carbons (Fsp3) is 0.567. The van der Waals surface area contributed by atoms with Crippen LogP contribution in [0.1, 0.15) is 226 Å². The van der Waals surface area contributed by atoms with Crippen LogP contribution in [-0.2, 0) is 28.6 Å². The number of esters is 3. The van der Waals surface area contributed by atoms with Gasteiger partial charge in [-0.3, -0.25) is 14.4 Å². The molecule has 0 aromatic heterocycles. The highest BCUT2D eigenvalue weighted by Gasteiger charge is 2.19. The zero-order valence-electron chi connectivity index (χ0n) is 46.6. The van der Waals surface area contributed by atoms with Crippen molar-refractivity contribution in [3.8, 4) is 0 Å². The molecule has 0 aliphatic carbocycles. The van der Waals surface area contributed by atoms with Gasteiger partial charge in [-0.1, -0.05) is 224 Å². The number of hydrogen-bond donors (Lipinski definition) is 0. The lowest BCUT2D eigenvalue weighted by molar-refractivity contribution is -0.167. The molecule has 0 aromatic rings. The molecule has 0 spiro atoms. The summed E-state index contributed by atoms with van der Waals surface area (Å²) in [6, 6.07) is 0. The summed E-state index contributed by atoms with van der Waals surface area (Å²) in [6.45, 7) is 6.28. The first-order valence-electron chi connectivity index (χ1n) is 29.0. The van der Waals surface area contributed by atoms with Crippen molar-refractivity contribution < 1.29 is 28.6 Å². The van der Waals surface area contributed by atoms with E-state index in [1.807, 2.05) is 0 Å². The van der Waals surface area contributed by atoms with Gasteiger partial charge < -0.3 is 14.2 Å². The van der Waals surface area contributed by atoms with Crippen molar-refractivity contribution in [3.63, 3.8) is 0 Å². The van der Waals surface area contributed by atoms with Crippen LogP contribution in [0.25, 0.3) is 0 Å². The van der Waals surface area contributed by atoms with Crippen molar-refractivity contribution in [3.05, 3.63) is 158 Å². The molecule has 408 valence electrons. The lowest BCUT2D eigenvalue weighted by Gasteiger charge is -2.18. The fourth-order valence-corrected chi connectivity index (χ4v) is 7.22. The van der Waals surface area contributed by atoms with E-state index in [0.717, 1.165) is 128 Å². The van der Waals surface area contributed by atoms with Crippen molar-refractivity contribution in [1.82, 2.24) is 0 Å². The summed E-state index contributed by atoms with van der Waals surface area (Å²) in [5.41, 5.74) is 0. The number of hydrogen-bond acceptors (Lipinski definition) is 6. The number of unbranched alkanes of at least 4 members (excludes halogenated alkanes) is 13. The van der Waals surface area contributed by atoms with Crippen LogP contribution in [0.2, 0.25) is 0 Å². The highest BCUT2D eigenvalue weighted by Crippen LogP contribution is 2.13. The van der Waals surface area contributed by atoms with Gasteiger partial charge in [-0.05, 0) is 141 Å². The third kappa shape index (κ3) is 57.8. The summed E-state index contributed by atoms with van der Waals surface area (Å²) < 4.78 is 16.8. The molecule has 73 heavy (non-hydrogen) atoms. The van der Waals surface area contributed by atoms with Gasteiger partial charge in [-0.25, -0.2) is 0 Å². The Morgan fingerprint density at radius 3 is 0.918 bits per heavy atom. The maximum atomic E-state index is 12.9. The van der Waals surface area contributed by atoms with Gasteiger partial charge in [0.25, 0.3) is 0 Å². The van der Waals surface area contributed by atoms with Gasteiger partial charge in [0.05, 0.1) is 0 Å². The molecule has 0 fully saturated rings. The molecule has 0 aromatic carbocycles. The van der Waals surface area contributed by atoms with Crippen LogP contribution < -0.4 is 0 Å². The van der Waals surface area contributed by atoms with Gasteiger partial charge in [0.15, 0.2) is 6.10 Å². The fourth-order valence-electron chi connectivity index (χ4n) is 7.22. The highest BCUT2D eigenvalue weighted by molar-refractivity contribution is 5.71. The van der Waals surface area contributed by atoms with E-state index in [1.165, 1.54) is 44.9 Å². The maximum absolute atomic E-state index is 12.9. The number of allylic oxidation sites excluding steroid dienone is 26. The van der Waals surface area contributed by atoms with Gasteiger partial charge >= 0.3 is 17.9 Å². The molecule has 0 bridgehead atoms. The summed E-state index contributed by atoms with van der Waals surface area (Å²) in [5.74, 6) is -1.04. The molecule has 0 aliphatic heterocycles. The van der Waals surface area contributed by atoms with Crippen LogP contribution in [0.4, 0.5) is 0 Å². The van der Waals surface area contributed by atoms with Crippen molar-refractivity contribution in [2.75, 3.05) is 13.2 Å². The van der Waals surface area contributed by atoms with E-state index in [4.69, 9.17) is 14.2 Å². The Morgan fingerprint density at radius 2 is 0.548 bits per heavy atom. The predicted molar refractivity (Wildman–Crippen MR) is 315 cm³/mol. The van der Waals surface area contributed by atoms with Crippen LogP contribution >= 0.6 is 0 Å². The number of carbonyl (C=O) groups is 3. The van der Waals surface area contributed by atoms with E-state index >= 15 is 0 Å². The maximum Gasteiger partial charge on any atom is 0.306 e. The topological polar surface area (TPSA) is 78.9 Å². The van der Waals surface area contributed by atoms with Crippen LogP contribution in [0.15, 0.2) is 158 Å². The predicted octanol–water partition coefficient (Wildman–Crippen LogP) is 19.8. The second-order valence-corrected chi connectivity index (χ2v) is 18.4. The zero-order chi connectivity index (χ0) is 52.9. The van der Waals surface area contributed by atoms with Crippen molar-refractivity contribution in [2.45, 2.75) is 232 Å². The Morgan fingerprint density at radius 1 is 0.288 bits per heavy atom. The molecule has 6 nitrogen and oxygen atoms in total. The van der Waals surface area contributed by atoms with Crippen LogP contribution in [0, 0.1) is 0 Å². The van der Waals surface area contributed by atoms with Gasteiger partial charge in [0.1, 0.15) is 13.2 Å². The van der Waals surface area contributed by atoms with Gasteiger partial charge in [-0.2, -0.15) is 0 Å². The molecule has 1 unspecified atom stereocenters. The Balaban J connectivity index is 4.57. The van der Waals surface area contributed by atoms with Gasteiger partial charge in [0.2, 0.25) is 0 Å². The lowest BCUT2D eigenvalue weighted by atomic mass is 10.1. The summed E-state index contributed by atoms with van der Waals surface area (Å²) in [7, 11) is 0. The summed E-state index contributed by atoms with van der Waals surface area (Å²) in [6.07, 6.45) is 86.7. The Kier molecular flexibility index (Phi) is 55.5. The second-order valence-electron chi connectivity index (χ2n) is 18.4. The monoisotopic (exact) mass is 1000 g/mol. The molecule has 0 amide bonds. The summed E-state index contributed by atoms with van der Waals surface area (Å²) in [4.78, 5) is 38.2. The smallest absolute Gasteiger partial charge is 0.306 e. The van der Waals surface area contributed by atoms with Gasteiger partial charge in [-0.15, -0.1) is 0 Å². The minimum atomic E-state index is -0.832. The first kappa shape index (κ1) is 68.0. The molecular weight excluding hydrogens is 901 g/mol. The highest BCUT2D eigenvalue weighted by atomic mass is 16.6. The van der Waals surface area contributed by atoms with E-state index in [-0.39, 0.29) is 44.0 Å². The third-order valence-corrected chi connectivity index (χ3v) is 11.5. The Bertz CT molecular complexity index is 1670. The first-order chi connectivity index (χ1) is 36.0. The first-order valence-corrected chi connectivity index (χ1v) is 29.0. The molecule has 0 saturated heterocycles. The molecule has 0 aliphatic rings. The molecule has 1 atom stereocenters. The summed E-state index contributed by atoms with van der Waals surface area (Å²) in [5, 5.41) is 0. The molecular formula is C67H104O6. The Hall–Kier alpha value is -4.97. The minimum Gasteiger partial charge on any atom is -0.462 e. The molecule has 0 saturated carbocycles. The normalized spacial score (nSPS) is 13.3. The Labute approximate surface area is 448 Å². The number of rotatable bonds is 50. The van der Waals surface area contributed by atoms with Crippen molar-refractivity contribution in [1.29, 1.82) is 0 Å². The van der Waals surface area contributed by atoms with Crippen LogP contribution in [-0.4, -0.2) is 37.2 Å². The zero-order valence-corrected chi connectivity index (χ0v) is 46.6. The van der Waals surface area contributed by atoms with Crippen molar-refractivity contribution >= 4 is 17.9 Å². The largest absolute Gasteiger partial charge is 0.462 e. The SMILES string of the molecule is CC/C=C\C/C=C\C/C=C\C/C=C\C/C=C\C/C=C\C/C=C\CCCC(=O)OCC(COC(=O)CCCC/C=C\C/C=C\C/C=C\C/C=C\CC)OC(=O)CCCCCCCCC/C=C\C/C=C\CCCCC. The summed E-state index contributed by atoms with van der Waals surface area (Å²) >= 11 is 0. The number of ether oxygens (including phenoxy) is 3. The van der Waals surface area contributed by atoms with Crippen LogP contribution in [0.5, 0.6) is 0 Å². The second kappa shape index (κ2) is 59.6. The van der Waals surface area contributed by atoms with E-state index in [1.54, 1.807) is 0 Å². The molecule has 6 heteroatoms. The molecule has 0 radical (unpaired) electrons. The third-order valence-electron chi connectivity index (χ3n) is 11.5. The molecule has 0 rings (SSSR count). The van der Waals surface area contributed by atoms with E-state index in [2.05, 4.69) is 179 Å². The van der Waals surface area contributed by atoms with Crippen LogP contribution in [0.3, 0.4) is 0 Å². The molecule has 0 N–H and O–H groups in total. The van der Waals surface area contributed by atoms with Crippen molar-refractivity contribution in [2.24, 2.45) is 0 Å². The van der Waals surface area contributed by atoms with E-state index < -0.39 is 6.10 Å². The average molecular weight is 1010 g/mol. The van der Waals surface area contributed by atoms with E-state index in [0.29, 0.717) is 19.3 Å². The number of carbonyl (C=O) groups excluding carboxylic acids is 3. The minimum absolute atomic E-state index is 0.128. The van der Waals surface area contributed by atoms with E-state index in [9.17, 15) is 14.4 Å². The average Bonchev–Trinajstić information content (AvgIpc) is 3.39. The quantitative estimate of drug-likeness (QED) is 0.0261. The standard InChI is InChI=1S/C67H104O6/c1-4-7-10-13-16-19-22-25-28-30-31-32-33-34-35-37-39-42-45-48-51-54-57-60-66(69)72-63-64(62-71-65(68)59-56-53-50-47-44-41-38-27-24-21-18-15-12-9-6-3)73-67(70)61-58-55-52-49-46-43-40-36-29-26-23-20-17-14-11-8-5-2/h7,9-10,12,16-21,25-29,31-32,34-35,38-39,42,44,47-48,51,64H,4-6,8,11,13-15,22-24,30,33,36-37,40-41,43,45-46,49-50,52-63H2,1-3H3/b10-7-,12-9-,19-16-,20-17-,21-18-,28-25-,29-26-,32-31-,35-34-,38-27-,42-39-,47-44-,51-48-. The molecule has 0 heterocycles. The van der Waals surface area contributed by atoms with Gasteiger partial charge in [0, 0.05) is 19.3 Å².